The van der Waals surface area contributed by atoms with E-state index in [4.69, 9.17) is 9.47 Å². The van der Waals surface area contributed by atoms with Gasteiger partial charge in [-0.2, -0.15) is 0 Å². The molecule has 130 valence electrons. The van der Waals surface area contributed by atoms with Gasteiger partial charge in [-0.15, -0.1) is 0 Å². The van der Waals surface area contributed by atoms with Crippen LogP contribution in [0.25, 0.3) is 0 Å². The second-order valence-electron chi connectivity index (χ2n) is 6.22. The van der Waals surface area contributed by atoms with Gasteiger partial charge in [0.25, 0.3) is 0 Å². The molecular formula is C13H26N2O6S. The van der Waals surface area contributed by atoms with E-state index < -0.39 is 63.6 Å². The molecule has 6 unspecified atom stereocenters. The molecule has 0 aromatic rings. The first kappa shape index (κ1) is 18.1. The SMILES string of the molecule is CNC1C2OC(C)(C)OC2C(NC)C(CO)S(=O)(=O)C1CO. The van der Waals surface area contributed by atoms with Crippen LogP contribution in [0.5, 0.6) is 0 Å². The van der Waals surface area contributed by atoms with Crippen LogP contribution in [0.15, 0.2) is 0 Å². The molecule has 8 nitrogen and oxygen atoms in total. The number of sulfone groups is 1. The number of rotatable bonds is 4. The summed E-state index contributed by atoms with van der Waals surface area (Å²) >= 11 is 0. The third-order valence-electron chi connectivity index (χ3n) is 4.54. The minimum absolute atomic E-state index is 0.548. The Hall–Kier alpha value is -0.290. The van der Waals surface area contributed by atoms with Crippen LogP contribution in [0.2, 0.25) is 0 Å². The van der Waals surface area contributed by atoms with Crippen molar-refractivity contribution >= 4 is 9.84 Å². The minimum Gasteiger partial charge on any atom is -0.395 e. The predicted octanol–water partition coefficient (Wildman–Crippen LogP) is -2.17. The maximum atomic E-state index is 12.8. The predicted molar refractivity (Wildman–Crippen MR) is 80.2 cm³/mol. The van der Waals surface area contributed by atoms with Crippen LogP contribution in [-0.2, 0) is 19.3 Å². The third-order valence-corrected chi connectivity index (χ3v) is 7.12. The molecule has 0 amide bonds. The molecule has 2 fully saturated rings. The molecule has 2 aliphatic heterocycles. The summed E-state index contributed by atoms with van der Waals surface area (Å²) in [6, 6.07) is -1.26. The fraction of sp³-hybridized carbons (Fsp3) is 1.00. The first-order chi connectivity index (χ1) is 10.2. The normalized spacial score (nSPS) is 43.5. The van der Waals surface area contributed by atoms with E-state index in [1.54, 1.807) is 27.9 Å². The number of hydrogen-bond acceptors (Lipinski definition) is 8. The van der Waals surface area contributed by atoms with E-state index in [1.807, 2.05) is 0 Å². The van der Waals surface area contributed by atoms with Crippen molar-refractivity contribution in [3.63, 3.8) is 0 Å². The molecule has 0 radical (unpaired) electrons. The number of likely N-dealkylation sites (N-methyl/N-ethyl adjacent to an activating group) is 2. The summed E-state index contributed by atoms with van der Waals surface area (Å²) in [5, 5.41) is 23.1. The summed E-state index contributed by atoms with van der Waals surface area (Å²) in [6.07, 6.45) is -1.11. The zero-order chi connectivity index (χ0) is 16.7. The van der Waals surface area contributed by atoms with Crippen molar-refractivity contribution in [2.24, 2.45) is 0 Å². The lowest BCUT2D eigenvalue weighted by Crippen LogP contribution is -2.54. The molecule has 0 spiro atoms. The van der Waals surface area contributed by atoms with E-state index in [-0.39, 0.29) is 0 Å². The second kappa shape index (κ2) is 6.31. The highest BCUT2D eigenvalue weighted by Crippen LogP contribution is 2.38. The average molecular weight is 338 g/mol. The number of aliphatic hydroxyl groups excluding tert-OH is 2. The topological polar surface area (TPSA) is 117 Å². The Morgan fingerprint density at radius 1 is 0.955 bits per heavy atom. The molecule has 0 saturated carbocycles. The van der Waals surface area contributed by atoms with Crippen molar-refractivity contribution in [3.05, 3.63) is 0 Å². The van der Waals surface area contributed by atoms with Crippen LogP contribution >= 0.6 is 0 Å². The summed E-state index contributed by atoms with van der Waals surface area (Å²) in [6.45, 7) is 2.43. The third kappa shape index (κ3) is 2.79. The number of nitrogens with one attached hydrogen (secondary N) is 2. The van der Waals surface area contributed by atoms with Crippen LogP contribution in [0.4, 0.5) is 0 Å². The quantitative estimate of drug-likeness (QED) is 0.458. The van der Waals surface area contributed by atoms with Gasteiger partial charge in [-0.1, -0.05) is 0 Å². The molecule has 22 heavy (non-hydrogen) atoms. The molecule has 2 aliphatic rings. The van der Waals surface area contributed by atoms with Gasteiger partial charge in [0.1, 0.15) is 22.7 Å². The van der Waals surface area contributed by atoms with Crippen molar-refractivity contribution in [2.45, 2.75) is 54.4 Å². The molecule has 6 atom stereocenters. The summed E-state index contributed by atoms with van der Waals surface area (Å²) in [4.78, 5) is 0. The molecule has 2 rings (SSSR count). The van der Waals surface area contributed by atoms with E-state index in [9.17, 15) is 18.6 Å². The highest BCUT2D eigenvalue weighted by Gasteiger charge is 2.58. The van der Waals surface area contributed by atoms with Gasteiger partial charge in [-0.3, -0.25) is 0 Å². The average Bonchev–Trinajstić information content (AvgIpc) is 2.72. The Labute approximate surface area is 131 Å². The van der Waals surface area contributed by atoms with Crippen molar-refractivity contribution in [1.29, 1.82) is 0 Å². The van der Waals surface area contributed by atoms with Crippen LogP contribution in [0.1, 0.15) is 13.8 Å². The molecule has 2 heterocycles. The molecule has 0 aromatic heterocycles. The largest absolute Gasteiger partial charge is 0.395 e. The highest BCUT2D eigenvalue weighted by molar-refractivity contribution is 7.92. The minimum atomic E-state index is -3.79. The Kier molecular flexibility index (Phi) is 5.18. The first-order valence-electron chi connectivity index (χ1n) is 7.38. The number of aliphatic hydroxyl groups is 2. The van der Waals surface area contributed by atoms with Crippen LogP contribution in [0, 0.1) is 0 Å². The number of fused-ring (bicyclic) bond motifs is 1. The van der Waals surface area contributed by atoms with Crippen molar-refractivity contribution < 1.29 is 28.1 Å². The fourth-order valence-electron chi connectivity index (χ4n) is 3.56. The van der Waals surface area contributed by atoms with Gasteiger partial charge in [-0.05, 0) is 27.9 Å². The van der Waals surface area contributed by atoms with Gasteiger partial charge in [0.15, 0.2) is 15.6 Å². The Bertz CT molecular complexity index is 461. The van der Waals surface area contributed by atoms with Gasteiger partial charge in [0.2, 0.25) is 0 Å². The Morgan fingerprint density at radius 2 is 1.32 bits per heavy atom. The first-order valence-corrected chi connectivity index (χ1v) is 8.99. The highest BCUT2D eigenvalue weighted by atomic mass is 32.2. The van der Waals surface area contributed by atoms with Gasteiger partial charge in [0.05, 0.1) is 25.3 Å². The van der Waals surface area contributed by atoms with E-state index >= 15 is 0 Å². The summed E-state index contributed by atoms with van der Waals surface area (Å²) in [5.74, 6) is -0.860. The monoisotopic (exact) mass is 338 g/mol. The lowest BCUT2D eigenvalue weighted by molar-refractivity contribution is -0.151. The molecule has 0 aliphatic carbocycles. The van der Waals surface area contributed by atoms with E-state index in [1.165, 1.54) is 0 Å². The van der Waals surface area contributed by atoms with Crippen LogP contribution in [0.3, 0.4) is 0 Å². The summed E-state index contributed by atoms with van der Waals surface area (Å²) < 4.78 is 37.4. The molecular weight excluding hydrogens is 312 g/mol. The number of ether oxygens (including phenoxy) is 2. The van der Waals surface area contributed by atoms with Crippen molar-refractivity contribution in [3.8, 4) is 0 Å². The fourth-order valence-corrected chi connectivity index (χ4v) is 5.83. The molecule has 0 aromatic carbocycles. The maximum absolute atomic E-state index is 12.8. The van der Waals surface area contributed by atoms with Crippen LogP contribution in [-0.4, -0.2) is 86.5 Å². The smallest absolute Gasteiger partial charge is 0.163 e. The van der Waals surface area contributed by atoms with E-state index in [0.717, 1.165) is 0 Å². The van der Waals surface area contributed by atoms with E-state index in [2.05, 4.69) is 10.6 Å². The number of hydrogen-bond donors (Lipinski definition) is 4. The van der Waals surface area contributed by atoms with Gasteiger partial charge in [0, 0.05) is 0 Å². The zero-order valence-corrected chi connectivity index (χ0v) is 14.1. The molecule has 4 N–H and O–H groups in total. The maximum Gasteiger partial charge on any atom is 0.163 e. The zero-order valence-electron chi connectivity index (χ0n) is 13.3. The Balaban J connectivity index is 2.56. The van der Waals surface area contributed by atoms with Gasteiger partial charge in [-0.25, -0.2) is 8.42 Å². The van der Waals surface area contributed by atoms with Crippen molar-refractivity contribution in [2.75, 3.05) is 27.3 Å². The standard InChI is InChI=1S/C13H26N2O6S/c1-13(2)20-11-9(14-3)7(5-16)22(18,19)8(6-17)10(15-4)12(11)21-13/h7-12,14-17H,5-6H2,1-4H3. The van der Waals surface area contributed by atoms with E-state index in [0.29, 0.717) is 0 Å². The van der Waals surface area contributed by atoms with Crippen LogP contribution < -0.4 is 10.6 Å². The lowest BCUT2D eigenvalue weighted by Gasteiger charge is -2.29. The van der Waals surface area contributed by atoms with Gasteiger partial charge >= 0.3 is 0 Å². The summed E-state index contributed by atoms with van der Waals surface area (Å²) in [7, 11) is -0.533. The molecule has 0 bridgehead atoms. The molecule has 9 heteroatoms. The van der Waals surface area contributed by atoms with Gasteiger partial charge < -0.3 is 30.3 Å². The second-order valence-corrected chi connectivity index (χ2v) is 8.61. The Morgan fingerprint density at radius 3 is 1.59 bits per heavy atom. The molecule has 2 saturated heterocycles. The van der Waals surface area contributed by atoms with Crippen molar-refractivity contribution in [1.82, 2.24) is 10.6 Å². The lowest BCUT2D eigenvalue weighted by atomic mass is 9.96. The summed E-state index contributed by atoms with van der Waals surface area (Å²) in [5.41, 5.74) is 0.